The van der Waals surface area contributed by atoms with Crippen LogP contribution in [0.1, 0.15) is 30.8 Å². The van der Waals surface area contributed by atoms with Gasteiger partial charge in [-0.25, -0.2) is 0 Å². The summed E-state index contributed by atoms with van der Waals surface area (Å²) in [5.74, 6) is 0.419. The van der Waals surface area contributed by atoms with Gasteiger partial charge in [0, 0.05) is 25.5 Å². The van der Waals surface area contributed by atoms with E-state index in [1.165, 1.54) is 0 Å². The zero-order valence-corrected chi connectivity index (χ0v) is 10.1. The van der Waals surface area contributed by atoms with Crippen LogP contribution in [0.3, 0.4) is 0 Å². The quantitative estimate of drug-likeness (QED) is 0.843. The average molecular weight is 221 g/mol. The molecule has 1 amide bonds. The molecule has 0 fully saturated rings. The molecule has 0 bridgehead atoms. The molecule has 0 spiro atoms. The van der Waals surface area contributed by atoms with E-state index in [-0.39, 0.29) is 5.91 Å². The van der Waals surface area contributed by atoms with Crippen molar-refractivity contribution in [3.63, 3.8) is 0 Å². The van der Waals surface area contributed by atoms with Gasteiger partial charge in [-0.1, -0.05) is 20.3 Å². The van der Waals surface area contributed by atoms with Crippen molar-refractivity contribution in [3.05, 3.63) is 24.0 Å². The Morgan fingerprint density at radius 1 is 1.62 bits per heavy atom. The third-order valence-electron chi connectivity index (χ3n) is 2.63. The standard InChI is InChI=1S/C12H19N3O/c1-4-9(2)8-15(3)12(16)11-7-10(13)5-6-14-11/h5-7,9H,4,8H2,1-3H3,(H2,13,14). The number of nitrogens with zero attached hydrogens (tertiary/aromatic N) is 2. The lowest BCUT2D eigenvalue weighted by Gasteiger charge is -2.20. The largest absolute Gasteiger partial charge is 0.399 e. The maximum absolute atomic E-state index is 12.0. The summed E-state index contributed by atoms with van der Waals surface area (Å²) < 4.78 is 0. The van der Waals surface area contributed by atoms with Gasteiger partial charge >= 0.3 is 0 Å². The van der Waals surface area contributed by atoms with Gasteiger partial charge in [0.1, 0.15) is 5.69 Å². The second-order valence-corrected chi connectivity index (χ2v) is 4.17. The molecule has 0 aliphatic heterocycles. The Labute approximate surface area is 96.5 Å². The molecule has 0 aliphatic rings. The number of nitrogens with two attached hydrogens (primary N) is 1. The molecule has 1 aromatic rings. The van der Waals surface area contributed by atoms with Crippen LogP contribution in [0.4, 0.5) is 5.69 Å². The van der Waals surface area contributed by atoms with Gasteiger partial charge in [0.25, 0.3) is 5.91 Å². The molecule has 0 aliphatic carbocycles. The Balaban J connectivity index is 2.70. The normalized spacial score (nSPS) is 12.2. The Morgan fingerprint density at radius 3 is 2.88 bits per heavy atom. The Hall–Kier alpha value is -1.58. The third-order valence-corrected chi connectivity index (χ3v) is 2.63. The minimum absolute atomic E-state index is 0.0763. The number of aromatic nitrogens is 1. The summed E-state index contributed by atoms with van der Waals surface area (Å²) in [5, 5.41) is 0. The van der Waals surface area contributed by atoms with Crippen molar-refractivity contribution in [2.24, 2.45) is 5.92 Å². The molecular weight excluding hydrogens is 202 g/mol. The van der Waals surface area contributed by atoms with Crippen LogP contribution in [-0.4, -0.2) is 29.4 Å². The number of nitrogen functional groups attached to an aromatic ring is 1. The molecule has 1 aromatic heterocycles. The van der Waals surface area contributed by atoms with Gasteiger partial charge in [0.15, 0.2) is 0 Å². The van der Waals surface area contributed by atoms with Crippen LogP contribution in [0, 0.1) is 5.92 Å². The van der Waals surface area contributed by atoms with Crippen molar-refractivity contribution in [1.29, 1.82) is 0 Å². The first-order valence-corrected chi connectivity index (χ1v) is 5.51. The molecule has 4 nitrogen and oxygen atoms in total. The first kappa shape index (κ1) is 12.5. The molecule has 16 heavy (non-hydrogen) atoms. The van der Waals surface area contributed by atoms with E-state index in [0.29, 0.717) is 17.3 Å². The molecular formula is C12H19N3O. The number of amides is 1. The summed E-state index contributed by atoms with van der Waals surface area (Å²) in [6.45, 7) is 4.98. The molecule has 0 saturated carbocycles. The maximum Gasteiger partial charge on any atom is 0.272 e. The van der Waals surface area contributed by atoms with Crippen molar-refractivity contribution in [2.75, 3.05) is 19.3 Å². The van der Waals surface area contributed by atoms with E-state index in [2.05, 4.69) is 18.8 Å². The Morgan fingerprint density at radius 2 is 2.31 bits per heavy atom. The van der Waals surface area contributed by atoms with E-state index in [1.54, 1.807) is 30.3 Å². The maximum atomic E-state index is 12.0. The summed E-state index contributed by atoms with van der Waals surface area (Å²) in [4.78, 5) is 17.7. The predicted molar refractivity (Wildman–Crippen MR) is 65.1 cm³/mol. The van der Waals surface area contributed by atoms with E-state index >= 15 is 0 Å². The molecule has 0 aromatic carbocycles. The van der Waals surface area contributed by atoms with Crippen LogP contribution in [-0.2, 0) is 0 Å². The van der Waals surface area contributed by atoms with Crippen LogP contribution in [0.25, 0.3) is 0 Å². The van der Waals surface area contributed by atoms with Gasteiger partial charge in [-0.15, -0.1) is 0 Å². The highest BCUT2D eigenvalue weighted by atomic mass is 16.2. The average Bonchev–Trinajstić information content (AvgIpc) is 2.27. The molecule has 2 N–H and O–H groups in total. The highest BCUT2D eigenvalue weighted by Gasteiger charge is 2.14. The number of carbonyl (C=O) groups excluding carboxylic acids is 1. The Kier molecular flexibility index (Phi) is 4.28. The van der Waals surface area contributed by atoms with E-state index in [9.17, 15) is 4.79 Å². The third kappa shape index (κ3) is 3.22. The van der Waals surface area contributed by atoms with Gasteiger partial charge in [-0.3, -0.25) is 9.78 Å². The van der Waals surface area contributed by atoms with Crippen LogP contribution in [0.2, 0.25) is 0 Å². The van der Waals surface area contributed by atoms with E-state index in [1.807, 2.05) is 0 Å². The molecule has 0 radical (unpaired) electrons. The summed E-state index contributed by atoms with van der Waals surface area (Å²) in [7, 11) is 1.79. The van der Waals surface area contributed by atoms with Gasteiger partial charge in [0.05, 0.1) is 0 Å². The minimum atomic E-state index is -0.0763. The van der Waals surface area contributed by atoms with E-state index in [0.717, 1.165) is 13.0 Å². The fraction of sp³-hybridized carbons (Fsp3) is 0.500. The summed E-state index contributed by atoms with van der Waals surface area (Å²) >= 11 is 0. The molecule has 1 atom stereocenters. The van der Waals surface area contributed by atoms with Gasteiger partial charge in [-0.2, -0.15) is 0 Å². The minimum Gasteiger partial charge on any atom is -0.399 e. The topological polar surface area (TPSA) is 59.2 Å². The fourth-order valence-electron chi connectivity index (χ4n) is 1.44. The lowest BCUT2D eigenvalue weighted by molar-refractivity contribution is 0.0769. The van der Waals surface area contributed by atoms with Crippen LogP contribution >= 0.6 is 0 Å². The molecule has 88 valence electrons. The lowest BCUT2D eigenvalue weighted by Crippen LogP contribution is -2.31. The van der Waals surface area contributed by atoms with Gasteiger partial charge < -0.3 is 10.6 Å². The van der Waals surface area contributed by atoms with Crippen molar-refractivity contribution in [1.82, 2.24) is 9.88 Å². The highest BCUT2D eigenvalue weighted by Crippen LogP contribution is 2.08. The number of hydrogen-bond acceptors (Lipinski definition) is 3. The van der Waals surface area contributed by atoms with Gasteiger partial charge in [0.2, 0.25) is 0 Å². The monoisotopic (exact) mass is 221 g/mol. The predicted octanol–water partition coefficient (Wildman–Crippen LogP) is 1.78. The van der Waals surface area contributed by atoms with E-state index < -0.39 is 0 Å². The first-order valence-electron chi connectivity index (χ1n) is 5.51. The second kappa shape index (κ2) is 5.49. The van der Waals surface area contributed by atoms with Gasteiger partial charge in [-0.05, 0) is 18.1 Å². The summed E-state index contributed by atoms with van der Waals surface area (Å²) in [6.07, 6.45) is 2.61. The molecule has 1 heterocycles. The number of rotatable bonds is 4. The Bertz CT molecular complexity index is 365. The fourth-order valence-corrected chi connectivity index (χ4v) is 1.44. The SMILES string of the molecule is CCC(C)CN(C)C(=O)c1cc(N)ccn1. The highest BCUT2D eigenvalue weighted by molar-refractivity contribution is 5.92. The van der Waals surface area contributed by atoms with E-state index in [4.69, 9.17) is 5.73 Å². The van der Waals surface area contributed by atoms with Crippen LogP contribution in [0.15, 0.2) is 18.3 Å². The molecule has 1 unspecified atom stereocenters. The lowest BCUT2D eigenvalue weighted by atomic mass is 10.1. The number of anilines is 1. The smallest absolute Gasteiger partial charge is 0.272 e. The number of carbonyl (C=O) groups is 1. The van der Waals surface area contributed by atoms with Crippen molar-refractivity contribution >= 4 is 11.6 Å². The zero-order valence-electron chi connectivity index (χ0n) is 10.1. The van der Waals surface area contributed by atoms with Crippen LogP contribution < -0.4 is 5.73 Å². The summed E-state index contributed by atoms with van der Waals surface area (Å²) in [5.41, 5.74) is 6.59. The molecule has 4 heteroatoms. The first-order chi connectivity index (χ1) is 7.54. The van der Waals surface area contributed by atoms with Crippen molar-refractivity contribution < 1.29 is 4.79 Å². The summed E-state index contributed by atoms with van der Waals surface area (Å²) in [6, 6.07) is 3.28. The molecule has 1 rings (SSSR count). The second-order valence-electron chi connectivity index (χ2n) is 4.17. The zero-order chi connectivity index (χ0) is 12.1. The van der Waals surface area contributed by atoms with Crippen molar-refractivity contribution in [3.8, 4) is 0 Å². The number of pyridine rings is 1. The van der Waals surface area contributed by atoms with Crippen LogP contribution in [0.5, 0.6) is 0 Å². The number of hydrogen-bond donors (Lipinski definition) is 1. The molecule has 0 saturated heterocycles. The van der Waals surface area contributed by atoms with Crippen molar-refractivity contribution in [2.45, 2.75) is 20.3 Å².